The number of esters is 1. The first-order valence-electron chi connectivity index (χ1n) is 17.1. The monoisotopic (exact) mass is 666 g/mol. The van der Waals surface area contributed by atoms with E-state index in [0.717, 1.165) is 76.2 Å². The highest BCUT2D eigenvalue weighted by Crippen LogP contribution is 2.67. The Morgan fingerprint density at radius 1 is 0.911 bits per heavy atom. The summed E-state index contributed by atoms with van der Waals surface area (Å²) in [6.45, 7) is 9.56. The number of nitrogens with one attached hydrogen (secondary N) is 1. The van der Waals surface area contributed by atoms with Gasteiger partial charge in [0, 0.05) is 17.5 Å². The van der Waals surface area contributed by atoms with Crippen molar-refractivity contribution < 1.29 is 31.1 Å². The van der Waals surface area contributed by atoms with E-state index in [4.69, 9.17) is 9.47 Å². The average molecular weight is 667 g/mol. The van der Waals surface area contributed by atoms with Crippen LogP contribution >= 0.6 is 0 Å². The first-order chi connectivity index (χ1) is 21.2. The van der Waals surface area contributed by atoms with Crippen LogP contribution < -0.4 is 4.72 Å². The predicted octanol–water partition coefficient (Wildman–Crippen LogP) is 6.06. The minimum atomic E-state index is -4.09. The molecule has 4 aliphatic carbocycles. The zero-order valence-corrected chi connectivity index (χ0v) is 29.4. The maximum absolute atomic E-state index is 14.7. The van der Waals surface area contributed by atoms with Gasteiger partial charge in [-0.3, -0.25) is 0 Å². The van der Waals surface area contributed by atoms with E-state index < -0.39 is 49.9 Å². The number of carbonyl (C=O) groups excluding carboxylic acids is 1. The summed E-state index contributed by atoms with van der Waals surface area (Å²) < 4.78 is 72.2. The number of sulfonamides is 2. The second-order valence-corrected chi connectivity index (χ2v) is 18.5. The molecular weight excluding hydrogens is 613 g/mol. The molecule has 9 nitrogen and oxygen atoms in total. The van der Waals surface area contributed by atoms with Crippen LogP contribution in [-0.4, -0.2) is 63.4 Å². The molecule has 4 aliphatic rings. The number of fused-ring (bicyclic) bond motifs is 2. The second-order valence-electron chi connectivity index (χ2n) is 14.9. The summed E-state index contributed by atoms with van der Waals surface area (Å²) in [5, 5.41) is 0. The molecule has 0 aromatic heterocycles. The van der Waals surface area contributed by atoms with E-state index in [1.807, 2.05) is 11.2 Å². The van der Waals surface area contributed by atoms with Gasteiger partial charge in [-0.2, -0.15) is 9.03 Å². The molecule has 0 radical (unpaired) electrons. The highest BCUT2D eigenvalue weighted by molar-refractivity contribution is 7.89. The molecule has 254 valence electrons. The number of nitrogens with zero attached hydrogens (tertiary/aromatic N) is 1. The van der Waals surface area contributed by atoms with Crippen LogP contribution in [0.5, 0.6) is 0 Å². The van der Waals surface area contributed by atoms with Crippen molar-refractivity contribution in [1.82, 2.24) is 9.03 Å². The largest absolute Gasteiger partial charge is 0.459 e. The Bertz CT molecular complexity index is 1380. The Morgan fingerprint density at radius 3 is 1.98 bits per heavy atom. The van der Waals surface area contributed by atoms with Crippen LogP contribution in [0.25, 0.3) is 0 Å². The Balaban J connectivity index is 1.41. The molecule has 0 heterocycles. The van der Waals surface area contributed by atoms with Crippen molar-refractivity contribution in [3.63, 3.8) is 0 Å². The molecule has 4 saturated carbocycles. The van der Waals surface area contributed by atoms with Crippen molar-refractivity contribution >= 4 is 26.0 Å². The van der Waals surface area contributed by atoms with Gasteiger partial charge >= 0.3 is 5.97 Å². The third kappa shape index (κ3) is 7.17. The van der Waals surface area contributed by atoms with Gasteiger partial charge in [0.2, 0.25) is 26.3 Å². The van der Waals surface area contributed by atoms with E-state index in [1.54, 1.807) is 26.0 Å². The Hall–Kier alpha value is -1.53. The fourth-order valence-corrected chi connectivity index (χ4v) is 12.8. The van der Waals surface area contributed by atoms with Crippen molar-refractivity contribution in [3.05, 3.63) is 29.8 Å². The minimum absolute atomic E-state index is 0.0207. The molecule has 1 aromatic rings. The molecule has 0 spiro atoms. The summed E-state index contributed by atoms with van der Waals surface area (Å²) in [7, 11) is -7.79. The first kappa shape index (κ1) is 34.8. The molecule has 4 atom stereocenters. The molecule has 5 rings (SSSR count). The third-order valence-corrected chi connectivity index (χ3v) is 15.0. The van der Waals surface area contributed by atoms with Crippen LogP contribution in [0.4, 0.5) is 0 Å². The summed E-state index contributed by atoms with van der Waals surface area (Å²) in [5.74, 6) is -0.683. The lowest BCUT2D eigenvalue weighted by Crippen LogP contribution is -2.55. The molecular formula is C34H54N2O7S2. The van der Waals surface area contributed by atoms with E-state index in [0.29, 0.717) is 12.8 Å². The quantitative estimate of drug-likeness (QED) is 0.213. The number of aryl methyl sites for hydroxylation is 1. The fraction of sp³-hybridized carbons (Fsp3) is 0.794. The molecule has 45 heavy (non-hydrogen) atoms. The number of carbonyl (C=O) groups is 1. The van der Waals surface area contributed by atoms with Gasteiger partial charge in [0.25, 0.3) is 0 Å². The molecule has 0 amide bonds. The summed E-state index contributed by atoms with van der Waals surface area (Å²) in [6, 6.07) is 6.42. The fourth-order valence-electron chi connectivity index (χ4n) is 8.86. The zero-order valence-electron chi connectivity index (χ0n) is 27.8. The molecule has 11 heteroatoms. The molecule has 0 unspecified atom stereocenters. The van der Waals surface area contributed by atoms with Gasteiger partial charge in [-0.05, 0) is 89.2 Å². The number of benzene rings is 1. The maximum Gasteiger partial charge on any atom is 0.351 e. The SMILES string of the molecule is Cc1ccc(S(=O)(=O)N[C@H](OC(C)C)C(=O)O[C@@H]2C[C@H]3CC[C@]2(CS(=O)(=O)N(C2CCCCC2)C2CCCCC2)C3(C)C)cc1. The van der Waals surface area contributed by atoms with Gasteiger partial charge in [-0.15, -0.1) is 0 Å². The van der Waals surface area contributed by atoms with Crippen LogP contribution in [0.2, 0.25) is 0 Å². The van der Waals surface area contributed by atoms with E-state index in [1.165, 1.54) is 12.1 Å². The van der Waals surface area contributed by atoms with E-state index in [-0.39, 0.29) is 34.1 Å². The van der Waals surface area contributed by atoms with Crippen LogP contribution in [-0.2, 0) is 34.3 Å². The smallest absolute Gasteiger partial charge is 0.351 e. The standard InChI is InChI=1S/C34H54N2O7S2/c1-24(2)42-31(35-45(40,41)29-18-16-25(3)17-19-29)32(37)43-30-22-26-20-21-34(30,33(26,4)5)23-44(38,39)36(27-12-8-6-9-13-27)28-14-10-7-11-15-28/h16-19,24,26-28,30-31,35H,6-15,20-23H2,1-5H3/t26-,30-,31-,34-/m1/s1. The second kappa shape index (κ2) is 13.5. The van der Waals surface area contributed by atoms with E-state index in [2.05, 4.69) is 18.6 Å². The first-order valence-corrected chi connectivity index (χ1v) is 20.2. The van der Waals surface area contributed by atoms with Crippen LogP contribution in [0, 0.1) is 23.7 Å². The Kier molecular flexibility index (Phi) is 10.5. The molecule has 0 saturated heterocycles. The number of rotatable bonds is 12. The Morgan fingerprint density at radius 2 is 1.47 bits per heavy atom. The predicted molar refractivity (Wildman–Crippen MR) is 174 cm³/mol. The topological polar surface area (TPSA) is 119 Å². The lowest BCUT2D eigenvalue weighted by Gasteiger charge is -2.46. The van der Waals surface area contributed by atoms with Crippen molar-refractivity contribution in [1.29, 1.82) is 0 Å². The van der Waals surface area contributed by atoms with E-state index >= 15 is 0 Å². The molecule has 4 fully saturated rings. The zero-order chi connectivity index (χ0) is 32.6. The van der Waals surface area contributed by atoms with Crippen molar-refractivity contribution in [3.8, 4) is 0 Å². The van der Waals surface area contributed by atoms with Crippen molar-refractivity contribution in [2.24, 2.45) is 16.7 Å². The highest BCUT2D eigenvalue weighted by Gasteiger charge is 2.67. The Labute approximate surface area is 271 Å². The summed E-state index contributed by atoms with van der Waals surface area (Å²) >= 11 is 0. The number of hydrogen-bond donors (Lipinski definition) is 1. The van der Waals surface area contributed by atoms with Gasteiger partial charge in [-0.1, -0.05) is 70.1 Å². The number of ether oxygens (including phenoxy) is 2. The summed E-state index contributed by atoms with van der Waals surface area (Å²) in [6.07, 6.45) is 9.54. The van der Waals surface area contributed by atoms with Gasteiger partial charge in [0.15, 0.2) is 0 Å². The lowest BCUT2D eigenvalue weighted by atomic mass is 9.69. The third-order valence-electron chi connectivity index (χ3n) is 11.5. The highest BCUT2D eigenvalue weighted by atomic mass is 32.2. The lowest BCUT2D eigenvalue weighted by molar-refractivity contribution is -0.173. The maximum atomic E-state index is 14.7. The normalized spacial score (nSPS) is 28.5. The number of hydrogen-bond acceptors (Lipinski definition) is 7. The van der Waals surface area contributed by atoms with Gasteiger partial charge in [0.1, 0.15) is 6.10 Å². The molecule has 1 aromatic carbocycles. The van der Waals surface area contributed by atoms with Crippen molar-refractivity contribution in [2.45, 2.75) is 154 Å². The summed E-state index contributed by atoms with van der Waals surface area (Å²) in [5.41, 5.74) is -0.231. The van der Waals surface area contributed by atoms with Gasteiger partial charge < -0.3 is 9.47 Å². The van der Waals surface area contributed by atoms with Crippen LogP contribution in [0.1, 0.15) is 117 Å². The molecule has 0 aliphatic heterocycles. The van der Waals surface area contributed by atoms with E-state index in [9.17, 15) is 21.6 Å². The van der Waals surface area contributed by atoms with Crippen molar-refractivity contribution in [2.75, 3.05) is 5.75 Å². The van der Waals surface area contributed by atoms with Gasteiger partial charge in [-0.25, -0.2) is 21.6 Å². The van der Waals surface area contributed by atoms with Crippen LogP contribution in [0.15, 0.2) is 29.2 Å². The average Bonchev–Trinajstić information content (AvgIpc) is 3.32. The van der Waals surface area contributed by atoms with Gasteiger partial charge in [0.05, 0.1) is 16.8 Å². The molecule has 2 bridgehead atoms. The van der Waals surface area contributed by atoms with Crippen LogP contribution in [0.3, 0.4) is 0 Å². The summed E-state index contributed by atoms with van der Waals surface area (Å²) in [4.78, 5) is 13.8. The minimum Gasteiger partial charge on any atom is -0.459 e. The molecule has 1 N–H and O–H groups in total.